The highest BCUT2D eigenvalue weighted by molar-refractivity contribution is 5.77. The molecule has 0 spiro atoms. The summed E-state index contributed by atoms with van der Waals surface area (Å²) < 4.78 is 17.5. The Kier molecular flexibility index (Phi) is 7.82. The number of fused-ring (bicyclic) bond motifs is 1. The third-order valence-corrected chi connectivity index (χ3v) is 6.55. The Morgan fingerprint density at radius 2 is 1.64 bits per heavy atom. The molecule has 192 valence electrons. The van der Waals surface area contributed by atoms with Crippen molar-refractivity contribution in [3.8, 4) is 11.5 Å². The molecule has 2 aliphatic heterocycles. The van der Waals surface area contributed by atoms with Crippen molar-refractivity contribution in [2.75, 3.05) is 26.2 Å². The average Bonchev–Trinajstić information content (AvgIpc) is 2.88. The summed E-state index contributed by atoms with van der Waals surface area (Å²) in [5, 5.41) is 15.3. The minimum absolute atomic E-state index is 0.0445. The average molecular weight is 495 g/mol. The molecule has 0 aliphatic carbocycles. The second-order valence-corrected chi connectivity index (χ2v) is 9.00. The number of piperidine rings is 1. The fourth-order valence-corrected chi connectivity index (χ4v) is 4.55. The van der Waals surface area contributed by atoms with E-state index in [4.69, 9.17) is 36.5 Å². The van der Waals surface area contributed by atoms with Crippen LogP contribution in [0.15, 0.2) is 42.5 Å². The van der Waals surface area contributed by atoms with E-state index in [2.05, 4.69) is 0 Å². The normalized spacial score (nSPS) is 16.6. The molecule has 0 radical (unpaired) electrons. The van der Waals surface area contributed by atoms with Crippen molar-refractivity contribution in [1.29, 1.82) is 10.8 Å². The van der Waals surface area contributed by atoms with Gasteiger partial charge in [0.1, 0.15) is 17.6 Å². The van der Waals surface area contributed by atoms with Crippen LogP contribution in [0, 0.1) is 10.8 Å². The van der Waals surface area contributed by atoms with E-state index in [1.165, 1.54) is 5.56 Å². The highest BCUT2D eigenvalue weighted by atomic mass is 16.6. The number of ether oxygens (including phenoxy) is 3. The van der Waals surface area contributed by atoms with Crippen molar-refractivity contribution in [2.24, 2.45) is 11.5 Å². The number of nitrogens with zero attached hydrogens (tertiary/aromatic N) is 2. The molecule has 1 atom stereocenters. The van der Waals surface area contributed by atoms with Crippen LogP contribution in [-0.4, -0.2) is 60.0 Å². The Balaban J connectivity index is 1.45. The molecule has 2 heterocycles. The summed E-state index contributed by atoms with van der Waals surface area (Å²) in [6.45, 7) is 4.64. The molecular weight excluding hydrogens is 460 g/mol. The Hall–Kier alpha value is -3.95. The minimum Gasteiger partial charge on any atom is -0.490 e. The number of likely N-dealkylation sites (tertiary alicyclic amines) is 1. The first kappa shape index (κ1) is 25.2. The van der Waals surface area contributed by atoms with Crippen LogP contribution in [0.4, 0.5) is 0 Å². The third kappa shape index (κ3) is 5.99. The first-order valence-corrected chi connectivity index (χ1v) is 12.2. The van der Waals surface area contributed by atoms with Gasteiger partial charge >= 0.3 is 5.97 Å². The smallest absolute Gasteiger partial charge is 0.352 e. The van der Waals surface area contributed by atoms with Crippen LogP contribution in [0.2, 0.25) is 0 Å². The zero-order valence-electron chi connectivity index (χ0n) is 20.5. The number of esters is 1. The summed E-state index contributed by atoms with van der Waals surface area (Å²) in [5.41, 5.74) is 14.1. The van der Waals surface area contributed by atoms with Gasteiger partial charge in [-0.15, -0.1) is 0 Å². The lowest BCUT2D eigenvalue weighted by molar-refractivity contribution is -0.151. The second kappa shape index (κ2) is 11.2. The lowest BCUT2D eigenvalue weighted by Gasteiger charge is -2.32. The van der Waals surface area contributed by atoms with Gasteiger partial charge in [-0.05, 0) is 48.7 Å². The van der Waals surface area contributed by atoms with E-state index in [0.29, 0.717) is 43.2 Å². The molecule has 4 rings (SSSR count). The first-order valence-electron chi connectivity index (χ1n) is 12.2. The van der Waals surface area contributed by atoms with E-state index in [-0.39, 0.29) is 24.6 Å². The topological polar surface area (TPSA) is 151 Å². The van der Waals surface area contributed by atoms with Gasteiger partial charge < -0.3 is 35.5 Å². The summed E-state index contributed by atoms with van der Waals surface area (Å²) in [4.78, 5) is 16.4. The Bertz CT molecular complexity index is 1100. The number of nitrogens with one attached hydrogen (secondary N) is 2. The second-order valence-electron chi connectivity index (χ2n) is 9.00. The molecular formula is C26H34N6O4. The summed E-state index contributed by atoms with van der Waals surface area (Å²) >= 11 is 0. The first-order chi connectivity index (χ1) is 17.3. The van der Waals surface area contributed by atoms with Crippen LogP contribution in [0.25, 0.3) is 0 Å². The number of hydrogen-bond donors (Lipinski definition) is 4. The molecule has 2 aromatic rings. The number of guanidine groups is 2. The van der Waals surface area contributed by atoms with Crippen LogP contribution in [0.3, 0.4) is 0 Å². The number of carbonyl (C=O) groups is 1. The van der Waals surface area contributed by atoms with Crippen molar-refractivity contribution in [1.82, 2.24) is 9.80 Å². The van der Waals surface area contributed by atoms with Crippen molar-refractivity contribution in [3.63, 3.8) is 0 Å². The minimum atomic E-state index is -0.927. The molecule has 1 saturated heterocycles. The van der Waals surface area contributed by atoms with Gasteiger partial charge in [-0.3, -0.25) is 10.8 Å². The lowest BCUT2D eigenvalue weighted by atomic mass is 9.99. The molecule has 10 heteroatoms. The zero-order valence-corrected chi connectivity index (χ0v) is 20.5. The fraction of sp³-hybridized carbons (Fsp3) is 0.423. The molecule has 0 saturated carbocycles. The molecule has 2 aliphatic rings. The molecule has 10 nitrogen and oxygen atoms in total. The predicted molar refractivity (Wildman–Crippen MR) is 136 cm³/mol. The van der Waals surface area contributed by atoms with Gasteiger partial charge in [0, 0.05) is 44.6 Å². The van der Waals surface area contributed by atoms with Crippen LogP contribution < -0.4 is 20.9 Å². The largest absolute Gasteiger partial charge is 0.490 e. The van der Waals surface area contributed by atoms with Crippen molar-refractivity contribution in [3.05, 3.63) is 59.2 Å². The number of nitrogens with two attached hydrogens (primary N) is 2. The highest BCUT2D eigenvalue weighted by Gasteiger charge is 2.26. The third-order valence-electron chi connectivity index (χ3n) is 6.55. The molecule has 0 aromatic heterocycles. The van der Waals surface area contributed by atoms with Crippen LogP contribution >= 0.6 is 0 Å². The highest BCUT2D eigenvalue weighted by Crippen LogP contribution is 2.29. The van der Waals surface area contributed by atoms with Crippen molar-refractivity contribution >= 4 is 17.9 Å². The molecule has 36 heavy (non-hydrogen) atoms. The zero-order chi connectivity index (χ0) is 25.7. The number of carbonyl (C=O) groups excluding carboxylic acids is 1. The fourth-order valence-electron chi connectivity index (χ4n) is 4.55. The molecule has 0 amide bonds. The van der Waals surface area contributed by atoms with Gasteiger partial charge in [0.25, 0.3) is 0 Å². The molecule has 1 unspecified atom stereocenters. The van der Waals surface area contributed by atoms with Gasteiger partial charge in [0.15, 0.2) is 11.9 Å². The van der Waals surface area contributed by atoms with Crippen molar-refractivity contribution < 1.29 is 19.0 Å². The SMILES string of the molecule is CCOC(=O)C(Oc1ccc2c(c1)CN(C(=N)N)CC2)c1ccc(OC2CCN(C(=N)N)CC2)cc1. The quantitative estimate of drug-likeness (QED) is 0.260. The van der Waals surface area contributed by atoms with Gasteiger partial charge in [-0.2, -0.15) is 0 Å². The Morgan fingerprint density at radius 1 is 0.972 bits per heavy atom. The van der Waals surface area contributed by atoms with E-state index >= 15 is 0 Å². The number of hydrogen-bond acceptors (Lipinski definition) is 6. The summed E-state index contributed by atoms with van der Waals surface area (Å²) in [5.74, 6) is 0.933. The predicted octanol–water partition coefficient (Wildman–Crippen LogP) is 2.36. The summed E-state index contributed by atoms with van der Waals surface area (Å²) in [6.07, 6.45) is 1.49. The van der Waals surface area contributed by atoms with Gasteiger partial charge in [-0.25, -0.2) is 4.79 Å². The van der Waals surface area contributed by atoms with Crippen LogP contribution in [0.5, 0.6) is 11.5 Å². The molecule has 6 N–H and O–H groups in total. The molecule has 1 fully saturated rings. The van der Waals surface area contributed by atoms with Crippen LogP contribution in [-0.2, 0) is 22.5 Å². The van der Waals surface area contributed by atoms with Gasteiger partial charge in [0.2, 0.25) is 6.10 Å². The van der Waals surface area contributed by atoms with Gasteiger partial charge in [-0.1, -0.05) is 18.2 Å². The molecule has 2 aromatic carbocycles. The maximum absolute atomic E-state index is 12.8. The van der Waals surface area contributed by atoms with E-state index < -0.39 is 12.1 Å². The van der Waals surface area contributed by atoms with Crippen molar-refractivity contribution in [2.45, 2.75) is 44.9 Å². The lowest BCUT2D eigenvalue weighted by Crippen LogP contribution is -2.44. The number of benzene rings is 2. The molecule has 0 bridgehead atoms. The summed E-state index contributed by atoms with van der Waals surface area (Å²) in [7, 11) is 0. The monoisotopic (exact) mass is 494 g/mol. The maximum Gasteiger partial charge on any atom is 0.352 e. The Labute approximate surface area is 211 Å². The van der Waals surface area contributed by atoms with E-state index in [1.807, 2.05) is 47.4 Å². The van der Waals surface area contributed by atoms with E-state index in [1.54, 1.807) is 11.8 Å². The van der Waals surface area contributed by atoms with E-state index in [0.717, 1.165) is 24.8 Å². The Morgan fingerprint density at radius 3 is 2.28 bits per heavy atom. The number of rotatable bonds is 7. The van der Waals surface area contributed by atoms with Gasteiger partial charge in [0.05, 0.1) is 6.61 Å². The van der Waals surface area contributed by atoms with Crippen LogP contribution in [0.1, 0.15) is 42.6 Å². The standard InChI is InChI=1S/C26H34N6O4/c1-2-34-24(33)23(36-22-8-3-17-9-12-32(26(29)30)16-19(17)15-22)18-4-6-20(7-5-18)35-21-10-13-31(14-11-21)25(27)28/h3-8,15,21,23H,2,9-14,16H2,1H3,(H3,27,28)(H3,29,30). The maximum atomic E-state index is 12.8. The van der Waals surface area contributed by atoms with E-state index in [9.17, 15) is 4.79 Å². The summed E-state index contributed by atoms with van der Waals surface area (Å²) in [6, 6.07) is 13.1.